The van der Waals surface area contributed by atoms with Gasteiger partial charge in [0.1, 0.15) is 5.65 Å². The lowest BCUT2D eigenvalue weighted by atomic mass is 10.1. The Balaban J connectivity index is 1.70. The van der Waals surface area contributed by atoms with Gasteiger partial charge in [0.25, 0.3) is 5.91 Å². The maximum absolute atomic E-state index is 12.3. The molecule has 0 spiro atoms. The number of hydrogen-bond acceptors (Lipinski definition) is 5. The summed E-state index contributed by atoms with van der Waals surface area (Å²) in [4.78, 5) is 20.2. The van der Waals surface area contributed by atoms with E-state index in [1.165, 1.54) is 0 Å². The molecule has 0 aliphatic heterocycles. The molecule has 0 fully saturated rings. The first kappa shape index (κ1) is 18.4. The zero-order chi connectivity index (χ0) is 21.2. The number of nitrogens with one attached hydrogen (secondary N) is 2. The van der Waals surface area contributed by atoms with E-state index in [0.717, 1.165) is 50.4 Å². The fraction of sp³-hybridized carbons (Fsp3) is 0.150. The summed E-state index contributed by atoms with van der Waals surface area (Å²) >= 11 is 0. The molecule has 2 N–H and O–H groups in total. The van der Waals surface area contributed by atoms with E-state index in [2.05, 4.69) is 15.1 Å². The second-order valence-corrected chi connectivity index (χ2v) is 9.11. The van der Waals surface area contributed by atoms with Gasteiger partial charge in [-0.15, -0.1) is 0 Å². The fourth-order valence-corrected chi connectivity index (χ4v) is 4.31. The molecule has 4 aromatic heterocycles. The molecule has 10 heteroatoms. The Kier molecular flexibility index (Phi) is 3.78. The van der Waals surface area contributed by atoms with Crippen molar-refractivity contribution >= 4 is 48.8 Å². The molecule has 0 aliphatic carbocycles. The zero-order valence-corrected chi connectivity index (χ0v) is 17.3. The smallest absolute Gasteiger partial charge is 0.264 e. The lowest BCUT2D eigenvalue weighted by molar-refractivity contribution is 0.0982. The third-order valence-electron chi connectivity index (χ3n) is 5.17. The molecule has 1 aromatic carbocycles. The number of amides is 1. The summed E-state index contributed by atoms with van der Waals surface area (Å²) in [5.41, 5.74) is 4.63. The van der Waals surface area contributed by atoms with Crippen molar-refractivity contribution in [2.75, 3.05) is 6.26 Å². The van der Waals surface area contributed by atoms with Gasteiger partial charge in [0.2, 0.25) is 10.0 Å². The minimum atomic E-state index is -3.65. The molecule has 0 radical (unpaired) electrons. The van der Waals surface area contributed by atoms with Crippen molar-refractivity contribution in [3.05, 3.63) is 48.4 Å². The molecule has 0 atom stereocenters. The lowest BCUT2D eigenvalue weighted by Gasteiger charge is -2.04. The Hall–Kier alpha value is -3.66. The number of aryl methyl sites for hydroxylation is 2. The molecule has 9 nitrogen and oxygen atoms in total. The van der Waals surface area contributed by atoms with Gasteiger partial charge in [-0.3, -0.25) is 9.48 Å². The minimum Gasteiger partial charge on any atom is -0.350 e. The van der Waals surface area contributed by atoms with Crippen molar-refractivity contribution in [3.63, 3.8) is 0 Å². The number of hydrogen-bond donors (Lipinski definition) is 2. The summed E-state index contributed by atoms with van der Waals surface area (Å²) in [6.45, 7) is 0. The van der Waals surface area contributed by atoms with E-state index in [1.54, 1.807) is 30.6 Å². The summed E-state index contributed by atoms with van der Waals surface area (Å²) in [7, 11) is 0.161. The summed E-state index contributed by atoms with van der Waals surface area (Å²) in [5.74, 6) is -0.663. The van der Waals surface area contributed by atoms with Crippen LogP contribution in [0.5, 0.6) is 0 Å². The second kappa shape index (κ2) is 6.17. The molecule has 1 amide bonds. The Morgan fingerprint density at radius 2 is 1.93 bits per heavy atom. The van der Waals surface area contributed by atoms with Crippen LogP contribution in [0.4, 0.5) is 0 Å². The zero-order valence-electron chi connectivity index (χ0n) is 16.5. The monoisotopic (exact) mass is 422 g/mol. The lowest BCUT2D eigenvalue weighted by Crippen LogP contribution is -2.29. The van der Waals surface area contributed by atoms with Crippen LogP contribution in [-0.4, -0.2) is 44.9 Å². The van der Waals surface area contributed by atoms with Crippen LogP contribution in [0.1, 0.15) is 10.4 Å². The van der Waals surface area contributed by atoms with Crippen molar-refractivity contribution in [1.82, 2.24) is 29.0 Å². The van der Waals surface area contributed by atoms with E-state index < -0.39 is 15.9 Å². The van der Waals surface area contributed by atoms with E-state index in [0.29, 0.717) is 0 Å². The number of benzene rings is 1. The molecule has 0 saturated carbocycles. The number of aromatic amines is 1. The highest BCUT2D eigenvalue weighted by Crippen LogP contribution is 2.34. The number of H-pyrrole nitrogens is 1. The van der Waals surface area contributed by atoms with Gasteiger partial charge in [0.15, 0.2) is 0 Å². The average molecular weight is 422 g/mol. The molecular formula is C20H18N6O3S. The minimum absolute atomic E-state index is 0.267. The topological polar surface area (TPSA) is 115 Å². The Morgan fingerprint density at radius 1 is 1.13 bits per heavy atom. The normalized spacial score (nSPS) is 12.2. The highest BCUT2D eigenvalue weighted by Gasteiger charge is 2.17. The molecule has 30 heavy (non-hydrogen) atoms. The van der Waals surface area contributed by atoms with Gasteiger partial charge in [-0.25, -0.2) is 18.1 Å². The van der Waals surface area contributed by atoms with Gasteiger partial charge >= 0.3 is 0 Å². The van der Waals surface area contributed by atoms with E-state index >= 15 is 0 Å². The highest BCUT2D eigenvalue weighted by atomic mass is 32.2. The number of sulfonamides is 1. The average Bonchev–Trinajstić information content (AvgIpc) is 3.35. The summed E-state index contributed by atoms with van der Waals surface area (Å²) in [6, 6.07) is 7.13. The summed E-state index contributed by atoms with van der Waals surface area (Å²) in [5, 5.41) is 7.03. The Morgan fingerprint density at radius 3 is 2.70 bits per heavy atom. The van der Waals surface area contributed by atoms with Crippen LogP contribution in [0, 0.1) is 0 Å². The quantitative estimate of drug-likeness (QED) is 0.463. The summed E-state index contributed by atoms with van der Waals surface area (Å²) in [6.07, 6.45) is 6.48. The third kappa shape index (κ3) is 2.84. The molecule has 5 aromatic rings. The van der Waals surface area contributed by atoms with Crippen LogP contribution in [-0.2, 0) is 24.1 Å². The van der Waals surface area contributed by atoms with E-state index in [9.17, 15) is 13.2 Å². The summed E-state index contributed by atoms with van der Waals surface area (Å²) < 4.78 is 28.6. The predicted octanol–water partition coefficient (Wildman–Crippen LogP) is 2.30. The van der Waals surface area contributed by atoms with Crippen LogP contribution in [0.3, 0.4) is 0 Å². The number of nitrogens with zero attached hydrogens (tertiary/aromatic N) is 4. The molecule has 0 aliphatic rings. The van der Waals surface area contributed by atoms with E-state index in [4.69, 9.17) is 0 Å². The number of rotatable bonds is 3. The van der Waals surface area contributed by atoms with Gasteiger partial charge in [-0.1, -0.05) is 0 Å². The van der Waals surface area contributed by atoms with Gasteiger partial charge in [-0.05, 0) is 24.3 Å². The van der Waals surface area contributed by atoms with Crippen molar-refractivity contribution < 1.29 is 13.2 Å². The molecule has 5 rings (SSSR count). The molecule has 152 valence electrons. The van der Waals surface area contributed by atoms with Crippen LogP contribution in [0.15, 0.2) is 42.9 Å². The van der Waals surface area contributed by atoms with Crippen molar-refractivity contribution in [3.8, 4) is 11.3 Å². The van der Waals surface area contributed by atoms with Gasteiger partial charge in [-0.2, -0.15) is 5.10 Å². The maximum atomic E-state index is 12.3. The maximum Gasteiger partial charge on any atom is 0.264 e. The van der Waals surface area contributed by atoms with Gasteiger partial charge in [0.05, 0.1) is 18.0 Å². The standard InChI is InChI=1S/C20H18N6O3S/c1-25-10-15(13-6-11(4-5-17(13)25)20(27)24-30(3,28)29)16-7-14-18-12(9-22-26(18)2)8-21-19(14)23-16/h4-10H,1-3H3,(H,21,23)(H,24,27). The third-order valence-corrected chi connectivity index (χ3v) is 5.73. The number of carbonyl (C=O) groups is 1. The second-order valence-electron chi connectivity index (χ2n) is 7.36. The largest absolute Gasteiger partial charge is 0.350 e. The van der Waals surface area contributed by atoms with Crippen LogP contribution in [0.25, 0.3) is 44.1 Å². The first-order valence-electron chi connectivity index (χ1n) is 9.12. The Bertz CT molecular complexity index is 1590. The molecule has 0 unspecified atom stereocenters. The van der Waals surface area contributed by atoms with Crippen molar-refractivity contribution in [2.24, 2.45) is 14.1 Å². The fourth-order valence-electron chi connectivity index (χ4n) is 3.86. The SMILES string of the molecule is Cn1cc(-c2cc3c(ncc4cnn(C)c43)[nH]2)c2cc(C(=O)NS(C)(=O)=O)ccc21. The van der Waals surface area contributed by atoms with E-state index in [-0.39, 0.29) is 5.56 Å². The number of aromatic nitrogens is 5. The highest BCUT2D eigenvalue weighted by molar-refractivity contribution is 7.89. The van der Waals surface area contributed by atoms with Crippen LogP contribution < -0.4 is 4.72 Å². The Labute approximate surface area is 171 Å². The van der Waals surface area contributed by atoms with Gasteiger partial charge < -0.3 is 9.55 Å². The first-order valence-corrected chi connectivity index (χ1v) is 11.0. The number of pyridine rings is 1. The number of fused-ring (bicyclic) bond motifs is 4. The predicted molar refractivity (Wildman–Crippen MR) is 115 cm³/mol. The first-order chi connectivity index (χ1) is 14.2. The van der Waals surface area contributed by atoms with Crippen molar-refractivity contribution in [2.45, 2.75) is 0 Å². The number of carbonyl (C=O) groups excluding carboxylic acids is 1. The molecule has 0 saturated heterocycles. The molecular weight excluding hydrogens is 404 g/mol. The van der Waals surface area contributed by atoms with E-state index in [1.807, 2.05) is 40.3 Å². The van der Waals surface area contributed by atoms with Crippen LogP contribution in [0.2, 0.25) is 0 Å². The molecule has 4 heterocycles. The van der Waals surface area contributed by atoms with Crippen LogP contribution >= 0.6 is 0 Å². The van der Waals surface area contributed by atoms with Gasteiger partial charge in [0, 0.05) is 65.0 Å². The van der Waals surface area contributed by atoms with Crippen molar-refractivity contribution in [1.29, 1.82) is 0 Å². The molecule has 0 bridgehead atoms.